The molecule has 1 nitrogen and oxygen atoms in total. The molecule has 6 heteroatoms. The minimum absolute atomic E-state index is 0.138. The Kier molecular flexibility index (Phi) is 4.60. The van der Waals surface area contributed by atoms with Gasteiger partial charge in [0.15, 0.2) is 0 Å². The van der Waals surface area contributed by atoms with E-state index < -0.39 is 16.8 Å². The van der Waals surface area contributed by atoms with Gasteiger partial charge in [-0.3, -0.25) is 0 Å². The molecule has 0 saturated carbocycles. The number of hydrogen-bond donors (Lipinski definition) is 0. The maximum Gasteiger partial charge on any atom is 0.418 e. The van der Waals surface area contributed by atoms with Gasteiger partial charge in [0.1, 0.15) is 12.4 Å². The summed E-state index contributed by atoms with van der Waals surface area (Å²) in [5.74, 6) is 0.277. The van der Waals surface area contributed by atoms with Crippen molar-refractivity contribution in [1.29, 1.82) is 0 Å². The minimum atomic E-state index is -4.51. The van der Waals surface area contributed by atoms with Crippen LogP contribution in [-0.2, 0) is 12.8 Å². The lowest BCUT2D eigenvalue weighted by Crippen LogP contribution is -2.07. The van der Waals surface area contributed by atoms with Gasteiger partial charge in [-0.2, -0.15) is 13.2 Å². The Morgan fingerprint density at radius 2 is 1.75 bits per heavy atom. The quantitative estimate of drug-likeness (QED) is 0.678. The molecular formula is C14H9BrClF3O. The number of hydrogen-bond acceptors (Lipinski definition) is 1. The lowest BCUT2D eigenvalue weighted by Gasteiger charge is -2.13. The summed E-state index contributed by atoms with van der Waals surface area (Å²) in [6.07, 6.45) is -4.51. The van der Waals surface area contributed by atoms with Gasteiger partial charge in [-0.25, -0.2) is 0 Å². The fraction of sp³-hybridized carbons (Fsp3) is 0.143. The predicted molar refractivity (Wildman–Crippen MR) is 74.9 cm³/mol. The van der Waals surface area contributed by atoms with Crippen LogP contribution >= 0.6 is 27.5 Å². The van der Waals surface area contributed by atoms with E-state index in [2.05, 4.69) is 15.9 Å². The van der Waals surface area contributed by atoms with Crippen molar-refractivity contribution < 1.29 is 17.9 Å². The average Bonchev–Trinajstić information content (AvgIpc) is 2.35. The summed E-state index contributed by atoms with van der Waals surface area (Å²) in [4.78, 5) is 0. The zero-order valence-electron chi connectivity index (χ0n) is 10.0. The lowest BCUT2D eigenvalue weighted by molar-refractivity contribution is -0.138. The molecule has 0 fully saturated rings. The van der Waals surface area contributed by atoms with Crippen LogP contribution in [0.5, 0.6) is 5.75 Å². The summed E-state index contributed by atoms with van der Waals surface area (Å²) in [5.41, 5.74) is 0.0193. The van der Waals surface area contributed by atoms with Crippen molar-refractivity contribution in [2.45, 2.75) is 12.8 Å². The van der Waals surface area contributed by atoms with Crippen LogP contribution in [0.3, 0.4) is 0 Å². The summed E-state index contributed by atoms with van der Waals surface area (Å²) in [7, 11) is 0. The van der Waals surface area contributed by atoms with Crippen LogP contribution < -0.4 is 4.74 Å². The molecule has 0 aromatic heterocycles. The molecule has 0 aliphatic carbocycles. The molecule has 20 heavy (non-hydrogen) atoms. The first-order chi connectivity index (χ1) is 9.38. The molecule has 0 radical (unpaired) electrons. The van der Waals surface area contributed by atoms with Crippen LogP contribution in [0.15, 0.2) is 46.9 Å². The van der Waals surface area contributed by atoms with E-state index in [9.17, 15) is 13.2 Å². The first-order valence-corrected chi connectivity index (χ1v) is 6.78. The van der Waals surface area contributed by atoms with Crippen molar-refractivity contribution in [1.82, 2.24) is 0 Å². The lowest BCUT2D eigenvalue weighted by atomic mass is 10.2. The number of rotatable bonds is 3. The Balaban J connectivity index is 2.19. The minimum Gasteiger partial charge on any atom is -0.489 e. The van der Waals surface area contributed by atoms with Gasteiger partial charge in [0.05, 0.1) is 10.6 Å². The molecular weight excluding hydrogens is 357 g/mol. The SMILES string of the molecule is FC(F)(F)c1c(Cl)cc(OCc2ccccc2)cc1Br. The largest absolute Gasteiger partial charge is 0.489 e. The van der Waals surface area contributed by atoms with E-state index in [1.807, 2.05) is 30.3 Å². The van der Waals surface area contributed by atoms with Gasteiger partial charge < -0.3 is 4.74 Å². The van der Waals surface area contributed by atoms with Crippen LogP contribution in [0, 0.1) is 0 Å². The molecule has 0 aliphatic heterocycles. The molecule has 0 unspecified atom stereocenters. The van der Waals surface area contributed by atoms with Crippen LogP contribution in [0.2, 0.25) is 5.02 Å². The van der Waals surface area contributed by atoms with Gasteiger partial charge in [-0.05, 0) is 33.6 Å². The summed E-state index contributed by atoms with van der Waals surface area (Å²) in [6, 6.07) is 11.7. The number of benzene rings is 2. The zero-order valence-corrected chi connectivity index (χ0v) is 12.4. The summed E-state index contributed by atoms with van der Waals surface area (Å²) in [6.45, 7) is 0.259. The first kappa shape index (κ1) is 15.2. The second kappa shape index (κ2) is 6.06. The molecule has 0 aliphatic rings. The highest BCUT2D eigenvalue weighted by atomic mass is 79.9. The fourth-order valence-electron chi connectivity index (χ4n) is 1.64. The van der Waals surface area contributed by atoms with Gasteiger partial charge in [0, 0.05) is 4.47 Å². The molecule has 0 heterocycles. The highest BCUT2D eigenvalue weighted by molar-refractivity contribution is 9.10. The topological polar surface area (TPSA) is 9.23 Å². The van der Waals surface area contributed by atoms with Gasteiger partial charge in [0.2, 0.25) is 0 Å². The van der Waals surface area contributed by atoms with Crippen LogP contribution in [0.1, 0.15) is 11.1 Å². The maximum atomic E-state index is 12.7. The van der Waals surface area contributed by atoms with Crippen molar-refractivity contribution in [3.63, 3.8) is 0 Å². The molecule has 2 rings (SSSR count). The summed E-state index contributed by atoms with van der Waals surface area (Å²) >= 11 is 8.55. The molecule has 0 amide bonds. The third-order valence-corrected chi connectivity index (χ3v) is 3.47. The van der Waals surface area contributed by atoms with Crippen molar-refractivity contribution in [3.05, 3.63) is 63.1 Å². The van der Waals surface area contributed by atoms with E-state index in [1.165, 1.54) is 6.07 Å². The van der Waals surface area contributed by atoms with E-state index in [0.29, 0.717) is 0 Å². The molecule has 0 saturated heterocycles. The molecule has 0 bridgehead atoms. The van der Waals surface area contributed by atoms with Crippen LogP contribution in [0.25, 0.3) is 0 Å². The van der Waals surface area contributed by atoms with Crippen LogP contribution in [0.4, 0.5) is 13.2 Å². The first-order valence-electron chi connectivity index (χ1n) is 5.61. The van der Waals surface area contributed by atoms with E-state index in [0.717, 1.165) is 11.6 Å². The number of alkyl halides is 3. The van der Waals surface area contributed by atoms with Gasteiger partial charge in [-0.1, -0.05) is 41.9 Å². The Morgan fingerprint density at radius 1 is 1.10 bits per heavy atom. The third kappa shape index (κ3) is 3.67. The monoisotopic (exact) mass is 364 g/mol. The highest BCUT2D eigenvalue weighted by Crippen LogP contribution is 2.41. The van der Waals surface area contributed by atoms with Gasteiger partial charge >= 0.3 is 6.18 Å². The average molecular weight is 366 g/mol. The highest BCUT2D eigenvalue weighted by Gasteiger charge is 2.36. The standard InChI is InChI=1S/C14H9BrClF3O/c15-11-6-10(7-12(16)13(11)14(17,18)19)20-8-9-4-2-1-3-5-9/h1-7H,8H2. The Labute approximate surface area is 127 Å². The fourth-order valence-corrected chi connectivity index (χ4v) is 2.74. The van der Waals surface area contributed by atoms with Crippen molar-refractivity contribution >= 4 is 27.5 Å². The van der Waals surface area contributed by atoms with Crippen molar-refractivity contribution in [2.75, 3.05) is 0 Å². The number of ether oxygens (including phenoxy) is 1. The van der Waals surface area contributed by atoms with Gasteiger partial charge in [0.25, 0.3) is 0 Å². The maximum absolute atomic E-state index is 12.7. The molecule has 2 aromatic carbocycles. The summed E-state index contributed by atoms with van der Waals surface area (Å²) < 4.78 is 43.5. The third-order valence-electron chi connectivity index (χ3n) is 2.55. The molecule has 0 N–H and O–H groups in total. The molecule has 0 spiro atoms. The van der Waals surface area contributed by atoms with Crippen LogP contribution in [-0.4, -0.2) is 0 Å². The Bertz CT molecular complexity index is 576. The van der Waals surface area contributed by atoms with Crippen molar-refractivity contribution in [3.8, 4) is 5.75 Å². The second-order valence-electron chi connectivity index (χ2n) is 4.03. The second-order valence-corrected chi connectivity index (χ2v) is 5.30. The zero-order chi connectivity index (χ0) is 14.8. The predicted octanol–water partition coefficient (Wildman–Crippen LogP) is 5.70. The van der Waals surface area contributed by atoms with E-state index >= 15 is 0 Å². The van der Waals surface area contributed by atoms with Crippen molar-refractivity contribution in [2.24, 2.45) is 0 Å². The number of halogens is 5. The smallest absolute Gasteiger partial charge is 0.418 e. The Morgan fingerprint density at radius 3 is 2.30 bits per heavy atom. The van der Waals surface area contributed by atoms with E-state index in [-0.39, 0.29) is 16.8 Å². The summed E-state index contributed by atoms with van der Waals surface area (Å²) in [5, 5.41) is -0.394. The van der Waals surface area contributed by atoms with E-state index in [4.69, 9.17) is 16.3 Å². The van der Waals surface area contributed by atoms with Gasteiger partial charge in [-0.15, -0.1) is 0 Å². The molecule has 106 valence electrons. The normalized spacial score (nSPS) is 11.4. The Hall–Kier alpha value is -1.20. The molecule has 2 aromatic rings. The van der Waals surface area contributed by atoms with E-state index in [1.54, 1.807) is 0 Å². The molecule has 0 atom stereocenters.